The lowest BCUT2D eigenvalue weighted by molar-refractivity contribution is -0.197. The lowest BCUT2D eigenvalue weighted by Crippen LogP contribution is -2.25. The van der Waals surface area contributed by atoms with Gasteiger partial charge in [-0.05, 0) is 31.0 Å². The molecule has 0 N–H and O–H groups in total. The number of benzene rings is 2. The minimum absolute atomic E-state index is 0.116. The SMILES string of the molecule is CCCCCCCCOc1ccc(C2OCC(/C=C/c3ccc(C)c(F)c3F)CO2)cc1F. The smallest absolute Gasteiger partial charge is 0.183 e. The van der Waals surface area contributed by atoms with Crippen molar-refractivity contribution >= 4 is 6.08 Å². The fraction of sp³-hybridized carbons (Fsp3) is 0.481. The number of halogens is 3. The summed E-state index contributed by atoms with van der Waals surface area (Å²) in [5, 5.41) is 0. The molecule has 0 aromatic heterocycles. The topological polar surface area (TPSA) is 27.7 Å². The molecule has 1 heterocycles. The maximum absolute atomic E-state index is 14.5. The van der Waals surface area contributed by atoms with Gasteiger partial charge < -0.3 is 14.2 Å². The standard InChI is InChI=1S/C27H33F3O3/c1-3-4-5-6-7-8-15-31-24-14-13-22(16-23(24)28)27-32-17-20(18-33-27)10-12-21-11-9-19(2)25(29)26(21)30/h9-14,16,20,27H,3-8,15,17-18H2,1-2H3/b12-10+. The van der Waals surface area contributed by atoms with Gasteiger partial charge in [0.05, 0.1) is 19.8 Å². The van der Waals surface area contributed by atoms with Gasteiger partial charge in [0.1, 0.15) is 0 Å². The van der Waals surface area contributed by atoms with Crippen LogP contribution in [0.1, 0.15) is 68.4 Å². The number of aryl methyl sites for hydroxylation is 1. The molecule has 0 spiro atoms. The molecule has 0 aliphatic carbocycles. The van der Waals surface area contributed by atoms with Crippen LogP contribution in [0.5, 0.6) is 5.75 Å². The highest BCUT2D eigenvalue weighted by Gasteiger charge is 2.23. The van der Waals surface area contributed by atoms with Gasteiger partial charge in [0.25, 0.3) is 0 Å². The summed E-state index contributed by atoms with van der Waals surface area (Å²) in [6, 6.07) is 7.80. The number of hydrogen-bond acceptors (Lipinski definition) is 3. The minimum atomic E-state index is -0.865. The Hall–Kier alpha value is -2.31. The van der Waals surface area contributed by atoms with E-state index in [0.29, 0.717) is 25.4 Å². The Morgan fingerprint density at radius 2 is 1.67 bits per heavy atom. The van der Waals surface area contributed by atoms with Gasteiger partial charge >= 0.3 is 0 Å². The van der Waals surface area contributed by atoms with Gasteiger partial charge in [0, 0.05) is 17.0 Å². The first-order valence-corrected chi connectivity index (χ1v) is 11.8. The van der Waals surface area contributed by atoms with E-state index in [1.807, 2.05) is 0 Å². The monoisotopic (exact) mass is 462 g/mol. The van der Waals surface area contributed by atoms with Crippen molar-refractivity contribution in [2.45, 2.75) is 58.7 Å². The van der Waals surface area contributed by atoms with E-state index in [1.165, 1.54) is 56.9 Å². The van der Waals surface area contributed by atoms with Gasteiger partial charge in [-0.1, -0.05) is 69.4 Å². The van der Waals surface area contributed by atoms with Gasteiger partial charge in [0.2, 0.25) is 0 Å². The van der Waals surface area contributed by atoms with Gasteiger partial charge in [-0.15, -0.1) is 0 Å². The Morgan fingerprint density at radius 1 is 0.939 bits per heavy atom. The van der Waals surface area contributed by atoms with E-state index in [1.54, 1.807) is 18.2 Å². The molecule has 1 aliphatic heterocycles. The minimum Gasteiger partial charge on any atom is -0.491 e. The van der Waals surface area contributed by atoms with Crippen LogP contribution in [0, 0.1) is 30.3 Å². The second kappa shape index (κ2) is 12.8. The Labute approximate surface area is 194 Å². The van der Waals surface area contributed by atoms with Crippen molar-refractivity contribution in [1.29, 1.82) is 0 Å². The van der Waals surface area contributed by atoms with Gasteiger partial charge in [-0.3, -0.25) is 0 Å². The molecular formula is C27H33F3O3. The van der Waals surface area contributed by atoms with E-state index in [9.17, 15) is 13.2 Å². The lowest BCUT2D eigenvalue weighted by atomic mass is 10.1. The van der Waals surface area contributed by atoms with E-state index in [4.69, 9.17) is 14.2 Å². The Morgan fingerprint density at radius 3 is 2.39 bits per heavy atom. The maximum atomic E-state index is 14.5. The fourth-order valence-electron chi connectivity index (χ4n) is 3.70. The summed E-state index contributed by atoms with van der Waals surface area (Å²) in [4.78, 5) is 0. The molecule has 6 heteroatoms. The molecule has 1 aliphatic rings. The van der Waals surface area contributed by atoms with Crippen molar-refractivity contribution in [3.63, 3.8) is 0 Å². The third kappa shape index (κ3) is 7.34. The van der Waals surface area contributed by atoms with Crippen molar-refractivity contribution in [3.8, 4) is 5.75 Å². The fourth-order valence-corrected chi connectivity index (χ4v) is 3.70. The summed E-state index contributed by atoms with van der Waals surface area (Å²) in [7, 11) is 0. The van der Waals surface area contributed by atoms with E-state index < -0.39 is 23.7 Å². The first-order chi connectivity index (χ1) is 16.0. The molecule has 3 nitrogen and oxygen atoms in total. The third-order valence-corrected chi connectivity index (χ3v) is 5.76. The first kappa shape index (κ1) is 25.3. The normalized spacial score (nSPS) is 18.7. The lowest BCUT2D eigenvalue weighted by Gasteiger charge is -2.28. The maximum Gasteiger partial charge on any atom is 0.183 e. The largest absolute Gasteiger partial charge is 0.491 e. The van der Waals surface area contributed by atoms with Crippen LogP contribution in [0.15, 0.2) is 36.4 Å². The van der Waals surface area contributed by atoms with Crippen LogP contribution in [0.25, 0.3) is 6.08 Å². The summed E-state index contributed by atoms with van der Waals surface area (Å²) in [5.74, 6) is -2.03. The number of rotatable bonds is 11. The van der Waals surface area contributed by atoms with Crippen molar-refractivity contribution < 1.29 is 27.4 Å². The van der Waals surface area contributed by atoms with Crippen molar-refractivity contribution in [1.82, 2.24) is 0 Å². The van der Waals surface area contributed by atoms with Crippen LogP contribution in [-0.4, -0.2) is 19.8 Å². The summed E-state index contributed by atoms with van der Waals surface area (Å²) in [6.07, 6.45) is 9.48. The van der Waals surface area contributed by atoms with E-state index in [0.717, 1.165) is 12.8 Å². The molecule has 2 aromatic rings. The highest BCUT2D eigenvalue weighted by Crippen LogP contribution is 2.29. The molecule has 0 saturated carbocycles. The number of hydrogen-bond donors (Lipinski definition) is 0. The quantitative estimate of drug-likeness (QED) is 0.323. The Balaban J connectivity index is 1.45. The zero-order valence-corrected chi connectivity index (χ0v) is 19.4. The molecule has 3 rings (SSSR count). The highest BCUT2D eigenvalue weighted by atomic mass is 19.2. The second-order valence-corrected chi connectivity index (χ2v) is 8.52. The van der Waals surface area contributed by atoms with Crippen LogP contribution < -0.4 is 4.74 Å². The first-order valence-electron chi connectivity index (χ1n) is 11.8. The predicted molar refractivity (Wildman–Crippen MR) is 124 cm³/mol. The van der Waals surface area contributed by atoms with Gasteiger partial charge in [0.15, 0.2) is 29.5 Å². The second-order valence-electron chi connectivity index (χ2n) is 8.52. The molecule has 1 saturated heterocycles. The van der Waals surface area contributed by atoms with E-state index >= 15 is 0 Å². The zero-order valence-electron chi connectivity index (χ0n) is 19.4. The average Bonchev–Trinajstić information content (AvgIpc) is 2.83. The molecule has 33 heavy (non-hydrogen) atoms. The van der Waals surface area contributed by atoms with Crippen molar-refractivity contribution in [3.05, 3.63) is 70.5 Å². The molecule has 180 valence electrons. The molecule has 2 aromatic carbocycles. The van der Waals surface area contributed by atoms with Crippen LogP contribution >= 0.6 is 0 Å². The van der Waals surface area contributed by atoms with Crippen molar-refractivity contribution in [2.75, 3.05) is 19.8 Å². The molecule has 0 bridgehead atoms. The van der Waals surface area contributed by atoms with Crippen molar-refractivity contribution in [2.24, 2.45) is 5.92 Å². The van der Waals surface area contributed by atoms with Gasteiger partial charge in [-0.2, -0.15) is 0 Å². The Kier molecular flexibility index (Phi) is 9.82. The summed E-state index contributed by atoms with van der Waals surface area (Å²) < 4.78 is 59.2. The summed E-state index contributed by atoms with van der Waals surface area (Å²) in [5.41, 5.74) is 1.02. The zero-order chi connectivity index (χ0) is 23.6. The molecule has 1 fully saturated rings. The Bertz CT molecular complexity index is 921. The van der Waals surface area contributed by atoms with E-state index in [2.05, 4.69) is 6.92 Å². The van der Waals surface area contributed by atoms with Gasteiger partial charge in [-0.25, -0.2) is 13.2 Å². The van der Waals surface area contributed by atoms with Crippen LogP contribution in [0.4, 0.5) is 13.2 Å². The number of unbranched alkanes of at least 4 members (excludes halogenated alkanes) is 5. The number of ether oxygens (including phenoxy) is 3. The molecular weight excluding hydrogens is 429 g/mol. The van der Waals surface area contributed by atoms with Crippen LogP contribution in [0.2, 0.25) is 0 Å². The molecule has 0 radical (unpaired) electrons. The summed E-state index contributed by atoms with van der Waals surface area (Å²) >= 11 is 0. The highest BCUT2D eigenvalue weighted by molar-refractivity contribution is 5.51. The average molecular weight is 463 g/mol. The molecule has 0 unspecified atom stereocenters. The van der Waals surface area contributed by atoms with Crippen LogP contribution in [0.3, 0.4) is 0 Å². The summed E-state index contributed by atoms with van der Waals surface area (Å²) in [6.45, 7) is 4.86. The predicted octanol–water partition coefficient (Wildman–Crippen LogP) is 7.53. The van der Waals surface area contributed by atoms with E-state index in [-0.39, 0.29) is 22.8 Å². The molecule has 0 amide bonds. The third-order valence-electron chi connectivity index (χ3n) is 5.76. The van der Waals surface area contributed by atoms with Crippen LogP contribution in [-0.2, 0) is 9.47 Å². The molecule has 0 atom stereocenters.